The fraction of sp³-hybridized carbons (Fsp3) is 0.660. The second-order valence-corrected chi connectivity index (χ2v) is 17.8. The van der Waals surface area contributed by atoms with Crippen LogP contribution in [0.3, 0.4) is 0 Å². The first-order valence-corrected chi connectivity index (χ1v) is 20.7. The van der Waals surface area contributed by atoms with Crippen LogP contribution in [0.25, 0.3) is 0 Å². The van der Waals surface area contributed by atoms with Gasteiger partial charge in [-0.05, 0) is 103 Å². The van der Waals surface area contributed by atoms with Crippen LogP contribution in [0.5, 0.6) is 0 Å². The smallest absolute Gasteiger partial charge is 0.464 e. The Bertz CT molecular complexity index is 1540. The normalized spacial score (nSPS) is 19.3. The molecule has 328 valence electrons. The summed E-state index contributed by atoms with van der Waals surface area (Å²) in [5, 5.41) is 31.9. The van der Waals surface area contributed by atoms with E-state index in [4.69, 9.17) is 36.5 Å². The minimum absolute atomic E-state index is 0.0566. The molecule has 0 aliphatic heterocycles. The number of allylic oxidation sites excluding steroid dienone is 2. The monoisotopic (exact) mass is 824 g/mol. The zero-order valence-corrected chi connectivity index (χ0v) is 36.2. The number of benzene rings is 1. The second-order valence-electron chi connectivity index (χ2n) is 17.8. The summed E-state index contributed by atoms with van der Waals surface area (Å²) in [6.45, 7) is 10.6. The van der Waals surface area contributed by atoms with Gasteiger partial charge < -0.3 is 39.0 Å². The molecule has 2 rings (SSSR count). The molecule has 1 aliphatic carbocycles. The minimum Gasteiger partial charge on any atom is -0.464 e. The summed E-state index contributed by atoms with van der Waals surface area (Å²) in [5.74, 6) is 2.51. The highest BCUT2D eigenvalue weighted by molar-refractivity contribution is 5.77. The summed E-state index contributed by atoms with van der Waals surface area (Å²) in [7, 11) is 0. The van der Waals surface area contributed by atoms with E-state index in [1.54, 1.807) is 48.5 Å². The number of hydrogen-bond donors (Lipinski definition) is 3. The number of carbonyl (C=O) groups excluding carboxylic acids is 4. The van der Waals surface area contributed by atoms with Gasteiger partial charge in [0.2, 0.25) is 0 Å². The number of terminal acetylenes is 2. The average Bonchev–Trinajstić information content (AvgIpc) is 3.45. The van der Waals surface area contributed by atoms with Crippen LogP contribution in [0.4, 0.5) is 4.79 Å². The molecule has 12 nitrogen and oxygen atoms in total. The molecule has 0 saturated heterocycles. The maximum Gasteiger partial charge on any atom is 0.511 e. The van der Waals surface area contributed by atoms with Gasteiger partial charge in [0.15, 0.2) is 0 Å². The molecule has 59 heavy (non-hydrogen) atoms. The van der Waals surface area contributed by atoms with Gasteiger partial charge in [-0.1, -0.05) is 56.3 Å². The van der Waals surface area contributed by atoms with Crippen LogP contribution in [0, 0.1) is 58.7 Å². The molecule has 1 aliphatic rings. The molecule has 0 spiro atoms. The van der Waals surface area contributed by atoms with Gasteiger partial charge in [-0.3, -0.25) is 14.4 Å². The van der Waals surface area contributed by atoms with Gasteiger partial charge in [0.05, 0.1) is 34.6 Å². The Kier molecular flexibility index (Phi) is 21.2. The Morgan fingerprint density at radius 3 is 1.93 bits per heavy atom. The third-order valence-electron chi connectivity index (χ3n) is 10.6. The van der Waals surface area contributed by atoms with Crippen LogP contribution in [-0.2, 0) is 44.5 Å². The Morgan fingerprint density at radius 2 is 1.37 bits per heavy atom. The molecular weight excluding hydrogens is 757 g/mol. The molecule has 0 aromatic heterocycles. The molecule has 0 amide bonds. The first-order valence-electron chi connectivity index (χ1n) is 20.7. The van der Waals surface area contributed by atoms with E-state index in [0.29, 0.717) is 44.9 Å². The molecule has 1 aromatic rings. The Hall–Kier alpha value is -4.36. The highest BCUT2D eigenvalue weighted by atomic mass is 16.8. The molecule has 12 heteroatoms. The highest BCUT2D eigenvalue weighted by Gasteiger charge is 2.41. The predicted molar refractivity (Wildman–Crippen MR) is 223 cm³/mol. The molecule has 0 bridgehead atoms. The number of rotatable bonds is 25. The van der Waals surface area contributed by atoms with Gasteiger partial charge in [0.25, 0.3) is 6.29 Å². The topological polar surface area (TPSA) is 175 Å². The number of aliphatic hydroxyl groups excluding tert-OH is 3. The van der Waals surface area contributed by atoms with Crippen LogP contribution in [0.15, 0.2) is 42.5 Å². The van der Waals surface area contributed by atoms with Gasteiger partial charge in [0.1, 0.15) is 19.8 Å². The maximum atomic E-state index is 12.9. The van der Waals surface area contributed by atoms with E-state index in [-0.39, 0.29) is 50.9 Å². The molecular formula is C47H68O12. The molecule has 1 unspecified atom stereocenters. The van der Waals surface area contributed by atoms with Crippen molar-refractivity contribution in [1.29, 1.82) is 0 Å². The average molecular weight is 825 g/mol. The number of unbranched alkanes of at least 4 members (excludes halogenated alkanes) is 1. The summed E-state index contributed by atoms with van der Waals surface area (Å²) in [5.41, 5.74) is -1.98. The molecule has 3 N–H and O–H groups in total. The maximum absolute atomic E-state index is 12.9. The number of esters is 3. The number of hydrogen-bond acceptors (Lipinski definition) is 12. The van der Waals surface area contributed by atoms with Crippen molar-refractivity contribution in [2.45, 2.75) is 144 Å². The summed E-state index contributed by atoms with van der Waals surface area (Å²) >= 11 is 0. The molecule has 0 heterocycles. The Labute approximate surface area is 351 Å². The quantitative estimate of drug-likeness (QED) is 0.0228. The number of aliphatic hydroxyl groups is 3. The summed E-state index contributed by atoms with van der Waals surface area (Å²) in [4.78, 5) is 51.2. The second kappa shape index (κ2) is 24.7. The van der Waals surface area contributed by atoms with Crippen LogP contribution in [0.1, 0.15) is 118 Å². The summed E-state index contributed by atoms with van der Waals surface area (Å²) in [6.07, 6.45) is 15.4. The summed E-state index contributed by atoms with van der Waals surface area (Å²) in [6, 6.07) is 9.99. The predicted octanol–water partition coefficient (Wildman–Crippen LogP) is 7.11. The largest absolute Gasteiger partial charge is 0.511 e. The highest BCUT2D eigenvalue weighted by Crippen LogP contribution is 2.38. The SMILES string of the molecule is C#CCC(C)(C)C(=O)OCC(C)(COC(=O)OC(OC(=O)CCC/C=C\C[C@@H]1[C@@H](CC[C@@H](O)CCc2ccccc2)[C@H](O)C[C@@H]1O)C(C)C)COC(=O)C(C)(C)CC#C. The van der Waals surface area contributed by atoms with Crippen LogP contribution >= 0.6 is 0 Å². The van der Waals surface area contributed by atoms with Crippen LogP contribution in [0.2, 0.25) is 0 Å². The van der Waals surface area contributed by atoms with Crippen molar-refractivity contribution in [1.82, 2.24) is 0 Å². The standard InChI is InChI=1S/C47H68O12/c1-10-27-45(5,6)42(52)55-30-47(9,31-56-43(53)46(7,8)28-11-2)32-57-44(54)59-41(33(3)4)58-40(51)22-18-13-12-17-21-36-37(39(50)29-38(36)49)26-25-35(48)24-23-34-19-15-14-16-20-34/h1-2,12,14-17,19-20,33,35-39,41,48-50H,13,18,21-32H2,3-9H3/b17-12-/t35-,36+,37+,38-,39+,41?/m0/s1. The number of ether oxygens (including phenoxy) is 5. The fourth-order valence-electron chi connectivity index (χ4n) is 6.65. The third kappa shape index (κ3) is 18.2. The number of aryl methyl sites for hydroxylation is 1. The lowest BCUT2D eigenvalue weighted by molar-refractivity contribution is -0.180. The molecule has 6 atom stereocenters. The van der Waals surface area contributed by atoms with E-state index >= 15 is 0 Å². The van der Waals surface area contributed by atoms with Crippen LogP contribution in [-0.4, -0.2) is 83.8 Å². The van der Waals surface area contributed by atoms with E-state index in [1.165, 1.54) is 5.56 Å². The van der Waals surface area contributed by atoms with Crippen molar-refractivity contribution in [3.63, 3.8) is 0 Å². The van der Waals surface area contributed by atoms with Crippen LogP contribution < -0.4 is 0 Å². The Morgan fingerprint density at radius 1 is 0.814 bits per heavy atom. The van der Waals surface area contributed by atoms with Crippen molar-refractivity contribution in [3.05, 3.63) is 48.0 Å². The van der Waals surface area contributed by atoms with Gasteiger partial charge in [0, 0.05) is 25.2 Å². The minimum atomic E-state index is -1.24. The van der Waals surface area contributed by atoms with E-state index in [9.17, 15) is 34.5 Å². The molecule has 1 fully saturated rings. The first kappa shape index (κ1) is 50.8. The number of carbonyl (C=O) groups is 4. The van der Waals surface area contributed by atoms with Crippen molar-refractivity contribution in [2.75, 3.05) is 19.8 Å². The lowest BCUT2D eigenvalue weighted by atomic mass is 9.85. The van der Waals surface area contributed by atoms with Gasteiger partial charge in [-0.15, -0.1) is 24.7 Å². The fourth-order valence-corrected chi connectivity index (χ4v) is 6.65. The zero-order chi connectivity index (χ0) is 44.2. The van der Waals surface area contributed by atoms with Crippen molar-refractivity contribution < 1.29 is 58.2 Å². The first-order chi connectivity index (χ1) is 27.7. The lowest BCUT2D eigenvalue weighted by Crippen LogP contribution is -2.40. The molecule has 0 radical (unpaired) electrons. The van der Waals surface area contributed by atoms with Gasteiger partial charge in [-0.2, -0.15) is 0 Å². The van der Waals surface area contributed by atoms with Gasteiger partial charge >= 0.3 is 24.1 Å². The summed E-state index contributed by atoms with van der Waals surface area (Å²) < 4.78 is 27.3. The van der Waals surface area contributed by atoms with Gasteiger partial charge in [-0.25, -0.2) is 4.79 Å². The third-order valence-corrected chi connectivity index (χ3v) is 10.6. The van der Waals surface area contributed by atoms with E-state index in [0.717, 1.165) is 6.42 Å². The van der Waals surface area contributed by atoms with Crippen molar-refractivity contribution in [2.24, 2.45) is 34.0 Å². The Balaban J connectivity index is 1.86. The lowest BCUT2D eigenvalue weighted by Gasteiger charge is -2.31. The molecule has 1 saturated carbocycles. The van der Waals surface area contributed by atoms with Crippen molar-refractivity contribution in [3.8, 4) is 24.7 Å². The molecule has 1 aromatic carbocycles. The van der Waals surface area contributed by atoms with Crippen molar-refractivity contribution >= 4 is 24.1 Å². The van der Waals surface area contributed by atoms with E-state index in [2.05, 4.69) is 11.8 Å². The zero-order valence-electron chi connectivity index (χ0n) is 36.2. The van der Waals surface area contributed by atoms with E-state index in [1.807, 2.05) is 42.5 Å². The van der Waals surface area contributed by atoms with E-state index < -0.39 is 70.8 Å².